The third-order valence-corrected chi connectivity index (χ3v) is 5.08. The molecule has 1 aromatic rings. The molecule has 1 aliphatic heterocycles. The fraction of sp³-hybridized carbons (Fsp3) is 0.471. The van der Waals surface area contributed by atoms with Crippen LogP contribution in [0.25, 0.3) is 0 Å². The second-order valence-corrected chi connectivity index (χ2v) is 7.14. The Labute approximate surface area is 141 Å². The number of nitrogens with zero attached hydrogens (tertiary/aromatic N) is 2. The summed E-state index contributed by atoms with van der Waals surface area (Å²) in [7, 11) is 1.67. The first-order chi connectivity index (χ1) is 10.8. The van der Waals surface area contributed by atoms with Crippen LogP contribution < -0.4 is 5.32 Å². The van der Waals surface area contributed by atoms with Crippen LogP contribution in [0.4, 0.5) is 5.69 Å². The molecule has 1 aliphatic rings. The highest BCUT2D eigenvalue weighted by Gasteiger charge is 2.40. The molecule has 23 heavy (non-hydrogen) atoms. The quantitative estimate of drug-likeness (QED) is 0.921. The number of anilines is 1. The Bertz CT molecular complexity index is 655. The highest BCUT2D eigenvalue weighted by Crippen LogP contribution is 2.31. The molecular formula is C17H23N3O2S. The molecule has 0 aromatic heterocycles. The molecule has 1 aromatic carbocycles. The van der Waals surface area contributed by atoms with Crippen molar-refractivity contribution in [1.82, 2.24) is 4.90 Å². The Morgan fingerprint density at radius 3 is 2.57 bits per heavy atom. The van der Waals surface area contributed by atoms with Crippen molar-refractivity contribution in [1.29, 1.82) is 0 Å². The third kappa shape index (κ3) is 3.93. The van der Waals surface area contributed by atoms with Crippen molar-refractivity contribution in [3.63, 3.8) is 0 Å². The number of rotatable bonds is 4. The molecule has 0 bridgehead atoms. The van der Waals surface area contributed by atoms with Crippen LogP contribution in [0.15, 0.2) is 23.2 Å². The number of aryl methyl sites for hydroxylation is 2. The number of aliphatic imine (C=N–C) groups is 1. The lowest BCUT2D eigenvalue weighted by Crippen LogP contribution is -2.38. The van der Waals surface area contributed by atoms with E-state index in [0.717, 1.165) is 11.3 Å². The van der Waals surface area contributed by atoms with Gasteiger partial charge in [0, 0.05) is 25.2 Å². The van der Waals surface area contributed by atoms with Gasteiger partial charge in [-0.25, -0.2) is 0 Å². The predicted molar refractivity (Wildman–Crippen MR) is 95.9 cm³/mol. The van der Waals surface area contributed by atoms with Crippen molar-refractivity contribution in [3.8, 4) is 0 Å². The molecule has 1 heterocycles. The molecule has 0 unspecified atom stereocenters. The summed E-state index contributed by atoms with van der Waals surface area (Å²) in [6.45, 7) is 7.93. The smallest absolute Gasteiger partial charge is 0.242 e. The van der Waals surface area contributed by atoms with Crippen LogP contribution in [0.1, 0.15) is 31.4 Å². The molecule has 0 aliphatic carbocycles. The van der Waals surface area contributed by atoms with Crippen LogP contribution in [0.2, 0.25) is 0 Å². The first-order valence-electron chi connectivity index (χ1n) is 7.67. The summed E-state index contributed by atoms with van der Waals surface area (Å²) in [5, 5.41) is 3.16. The van der Waals surface area contributed by atoms with Crippen LogP contribution >= 0.6 is 11.8 Å². The Hall–Kier alpha value is -1.82. The number of thioether (sulfide) groups is 1. The summed E-state index contributed by atoms with van der Waals surface area (Å²) >= 11 is 1.37. The molecule has 2 rings (SSSR count). The fourth-order valence-corrected chi connectivity index (χ4v) is 3.67. The molecule has 0 saturated carbocycles. The van der Waals surface area contributed by atoms with E-state index in [-0.39, 0.29) is 24.3 Å². The van der Waals surface area contributed by atoms with Crippen LogP contribution in [0.3, 0.4) is 0 Å². The van der Waals surface area contributed by atoms with Gasteiger partial charge in [0.05, 0.1) is 0 Å². The van der Waals surface area contributed by atoms with Crippen LogP contribution in [0, 0.1) is 13.8 Å². The number of hydrogen-bond donors (Lipinski definition) is 1. The molecular weight excluding hydrogens is 310 g/mol. The second-order valence-electron chi connectivity index (χ2n) is 5.97. The molecule has 1 fully saturated rings. The van der Waals surface area contributed by atoms with Gasteiger partial charge in [-0.3, -0.25) is 19.5 Å². The van der Waals surface area contributed by atoms with Crippen LogP contribution in [0.5, 0.6) is 0 Å². The van der Waals surface area contributed by atoms with Crippen molar-refractivity contribution < 1.29 is 9.59 Å². The SMILES string of the molecule is CN=C1S[C@@H](CC(=O)Nc2ccc(C)c(C)c2)C(=O)N1C(C)C. The first-order valence-corrected chi connectivity index (χ1v) is 8.55. The predicted octanol–water partition coefficient (Wildman–Crippen LogP) is 2.97. The molecule has 5 nitrogen and oxygen atoms in total. The summed E-state index contributed by atoms with van der Waals surface area (Å²) < 4.78 is 0. The topological polar surface area (TPSA) is 61.8 Å². The van der Waals surface area contributed by atoms with Crippen molar-refractivity contribution in [3.05, 3.63) is 29.3 Å². The van der Waals surface area contributed by atoms with Gasteiger partial charge in [-0.05, 0) is 51.0 Å². The molecule has 1 atom stereocenters. The van der Waals surface area contributed by atoms with Gasteiger partial charge in [0.1, 0.15) is 5.25 Å². The van der Waals surface area contributed by atoms with Gasteiger partial charge >= 0.3 is 0 Å². The molecule has 1 saturated heterocycles. The summed E-state index contributed by atoms with van der Waals surface area (Å²) in [5.74, 6) is -0.194. The van der Waals surface area contributed by atoms with Crippen LogP contribution in [-0.2, 0) is 9.59 Å². The third-order valence-electron chi connectivity index (χ3n) is 3.84. The van der Waals surface area contributed by atoms with E-state index < -0.39 is 5.25 Å². The van der Waals surface area contributed by atoms with Crippen LogP contribution in [-0.4, -0.2) is 40.2 Å². The van der Waals surface area contributed by atoms with Gasteiger partial charge in [-0.2, -0.15) is 0 Å². The Kier molecular flexibility index (Phi) is 5.46. The summed E-state index contributed by atoms with van der Waals surface area (Å²) in [5.41, 5.74) is 3.07. The fourth-order valence-electron chi connectivity index (χ4n) is 2.45. The zero-order chi connectivity index (χ0) is 17.1. The number of nitrogens with one attached hydrogen (secondary N) is 1. The lowest BCUT2D eigenvalue weighted by molar-refractivity contribution is -0.129. The van der Waals surface area contributed by atoms with Crippen molar-refractivity contribution in [2.75, 3.05) is 12.4 Å². The maximum atomic E-state index is 12.4. The maximum Gasteiger partial charge on any atom is 0.242 e. The van der Waals surface area contributed by atoms with Gasteiger partial charge in [-0.15, -0.1) is 0 Å². The summed E-state index contributed by atoms with van der Waals surface area (Å²) in [6.07, 6.45) is 0.151. The summed E-state index contributed by atoms with van der Waals surface area (Å²) in [4.78, 5) is 30.5. The van der Waals surface area contributed by atoms with E-state index in [4.69, 9.17) is 0 Å². The van der Waals surface area contributed by atoms with Crippen molar-refractivity contribution in [2.24, 2.45) is 4.99 Å². The average Bonchev–Trinajstić information content (AvgIpc) is 2.79. The van der Waals surface area contributed by atoms with E-state index in [2.05, 4.69) is 10.3 Å². The van der Waals surface area contributed by atoms with Crippen molar-refractivity contribution >= 4 is 34.4 Å². The summed E-state index contributed by atoms with van der Waals surface area (Å²) in [6, 6.07) is 5.84. The molecule has 0 spiro atoms. The van der Waals surface area contributed by atoms with Gasteiger partial charge in [0.25, 0.3) is 0 Å². The Morgan fingerprint density at radius 2 is 2.04 bits per heavy atom. The molecule has 6 heteroatoms. The number of amidine groups is 1. The van der Waals surface area contributed by atoms with Crippen molar-refractivity contribution in [2.45, 2.75) is 45.4 Å². The number of benzene rings is 1. The first kappa shape index (κ1) is 17.5. The standard InChI is InChI=1S/C17H23N3O2S/c1-10(2)20-16(22)14(23-17(20)18-5)9-15(21)19-13-7-6-11(3)12(4)8-13/h6-8,10,14H,9H2,1-5H3,(H,19,21)/t14-/m0/s1. The lowest BCUT2D eigenvalue weighted by Gasteiger charge is -2.20. The minimum Gasteiger partial charge on any atom is -0.326 e. The largest absolute Gasteiger partial charge is 0.326 e. The minimum atomic E-state index is -0.400. The number of carbonyl (C=O) groups is 2. The molecule has 0 radical (unpaired) electrons. The maximum absolute atomic E-state index is 12.4. The minimum absolute atomic E-state index is 0.0409. The lowest BCUT2D eigenvalue weighted by atomic mass is 10.1. The van der Waals surface area contributed by atoms with E-state index in [1.54, 1.807) is 11.9 Å². The molecule has 2 amide bonds. The number of amides is 2. The Balaban J connectivity index is 2.03. The van der Waals surface area contributed by atoms with E-state index in [0.29, 0.717) is 5.17 Å². The highest BCUT2D eigenvalue weighted by molar-refractivity contribution is 8.15. The Morgan fingerprint density at radius 1 is 1.35 bits per heavy atom. The number of hydrogen-bond acceptors (Lipinski definition) is 4. The number of carbonyl (C=O) groups excluding carboxylic acids is 2. The van der Waals surface area contributed by atoms with E-state index in [1.807, 2.05) is 45.9 Å². The normalized spacial score (nSPS) is 19.7. The molecule has 1 N–H and O–H groups in total. The van der Waals surface area contributed by atoms with Gasteiger partial charge in [0.15, 0.2) is 5.17 Å². The van der Waals surface area contributed by atoms with Gasteiger partial charge in [-0.1, -0.05) is 17.8 Å². The average molecular weight is 333 g/mol. The zero-order valence-electron chi connectivity index (χ0n) is 14.2. The van der Waals surface area contributed by atoms with Gasteiger partial charge < -0.3 is 5.32 Å². The zero-order valence-corrected chi connectivity index (χ0v) is 15.0. The monoisotopic (exact) mass is 333 g/mol. The van der Waals surface area contributed by atoms with E-state index in [1.165, 1.54) is 17.3 Å². The van der Waals surface area contributed by atoms with E-state index in [9.17, 15) is 9.59 Å². The second kappa shape index (κ2) is 7.17. The van der Waals surface area contributed by atoms with E-state index >= 15 is 0 Å². The van der Waals surface area contributed by atoms with Gasteiger partial charge in [0.2, 0.25) is 11.8 Å². The molecule has 124 valence electrons. The highest BCUT2D eigenvalue weighted by atomic mass is 32.2.